The second-order valence-corrected chi connectivity index (χ2v) is 6.93. The molecule has 0 bridgehead atoms. The van der Waals surface area contributed by atoms with Gasteiger partial charge in [0.25, 0.3) is 5.91 Å². The predicted molar refractivity (Wildman–Crippen MR) is 87.3 cm³/mol. The van der Waals surface area contributed by atoms with Crippen LogP contribution in [0.25, 0.3) is 0 Å². The summed E-state index contributed by atoms with van der Waals surface area (Å²) < 4.78 is 0.874. The Balaban J connectivity index is 1.91. The highest BCUT2D eigenvalue weighted by atomic mass is 79.9. The van der Waals surface area contributed by atoms with E-state index in [1.807, 2.05) is 6.07 Å². The van der Waals surface area contributed by atoms with Crippen molar-refractivity contribution < 1.29 is 4.79 Å². The van der Waals surface area contributed by atoms with Crippen molar-refractivity contribution in [3.63, 3.8) is 0 Å². The Morgan fingerprint density at radius 2 is 2.05 bits per heavy atom. The van der Waals surface area contributed by atoms with Gasteiger partial charge in [-0.25, -0.2) is 0 Å². The molecule has 0 heterocycles. The number of amides is 1. The molecule has 2 nitrogen and oxygen atoms in total. The fourth-order valence-corrected chi connectivity index (χ4v) is 3.50. The normalized spacial score (nSPS) is 22.6. The Labute approximate surface area is 134 Å². The molecule has 1 saturated carbocycles. The van der Waals surface area contributed by atoms with Crippen LogP contribution in [0.4, 0.5) is 0 Å². The van der Waals surface area contributed by atoms with Crippen LogP contribution in [0.5, 0.6) is 0 Å². The monoisotopic (exact) mass is 357 g/mol. The summed E-state index contributed by atoms with van der Waals surface area (Å²) in [6.07, 6.45) is 7.20. The molecule has 1 amide bonds. The first-order valence-corrected chi connectivity index (χ1v) is 8.53. The molecule has 2 rings (SSSR count). The summed E-state index contributed by atoms with van der Waals surface area (Å²) in [4.78, 5) is 12.3. The second-order valence-electron chi connectivity index (χ2n) is 5.60. The first-order chi connectivity index (χ1) is 9.60. The van der Waals surface area contributed by atoms with Crippen molar-refractivity contribution in [2.45, 2.75) is 51.5 Å². The summed E-state index contributed by atoms with van der Waals surface area (Å²) in [6, 6.07) is 5.67. The van der Waals surface area contributed by atoms with Crippen molar-refractivity contribution in [2.24, 2.45) is 5.92 Å². The number of rotatable bonds is 4. The summed E-state index contributed by atoms with van der Waals surface area (Å²) in [5.41, 5.74) is 0.553. The van der Waals surface area contributed by atoms with E-state index in [0.29, 0.717) is 16.6 Å². The van der Waals surface area contributed by atoms with Gasteiger partial charge in [-0.3, -0.25) is 4.79 Å². The van der Waals surface area contributed by atoms with Crippen molar-refractivity contribution in [1.29, 1.82) is 0 Å². The van der Waals surface area contributed by atoms with Crippen LogP contribution in [0.1, 0.15) is 55.8 Å². The van der Waals surface area contributed by atoms with Gasteiger partial charge in [-0.2, -0.15) is 0 Å². The SMILES string of the molecule is CCCC1CCC(NC(=O)c2cc(Br)ccc2Cl)CC1. The quantitative estimate of drug-likeness (QED) is 0.788. The standard InChI is InChI=1S/C16H21BrClNO/c1-2-3-11-4-7-13(8-5-11)19-16(20)14-10-12(17)6-9-15(14)18/h6,9-11,13H,2-5,7-8H2,1H3,(H,19,20). The number of benzene rings is 1. The third kappa shape index (κ3) is 4.23. The average molecular weight is 359 g/mol. The Morgan fingerprint density at radius 3 is 2.70 bits per heavy atom. The third-order valence-electron chi connectivity index (χ3n) is 4.05. The van der Waals surface area contributed by atoms with E-state index in [2.05, 4.69) is 28.2 Å². The van der Waals surface area contributed by atoms with E-state index in [4.69, 9.17) is 11.6 Å². The molecule has 0 aliphatic heterocycles. The van der Waals surface area contributed by atoms with Gasteiger partial charge in [0.15, 0.2) is 0 Å². The number of carbonyl (C=O) groups is 1. The van der Waals surface area contributed by atoms with Gasteiger partial charge in [-0.15, -0.1) is 0 Å². The minimum absolute atomic E-state index is 0.0600. The topological polar surface area (TPSA) is 29.1 Å². The number of carbonyl (C=O) groups excluding carboxylic acids is 1. The van der Waals surface area contributed by atoms with E-state index in [9.17, 15) is 4.79 Å². The minimum atomic E-state index is -0.0600. The number of nitrogens with one attached hydrogen (secondary N) is 1. The lowest BCUT2D eigenvalue weighted by molar-refractivity contribution is 0.0921. The first kappa shape index (κ1) is 15.8. The van der Waals surface area contributed by atoms with E-state index in [0.717, 1.165) is 23.2 Å². The molecular weight excluding hydrogens is 338 g/mol. The van der Waals surface area contributed by atoms with Gasteiger partial charge in [0.05, 0.1) is 10.6 Å². The van der Waals surface area contributed by atoms with E-state index >= 15 is 0 Å². The minimum Gasteiger partial charge on any atom is -0.349 e. The van der Waals surface area contributed by atoms with Crippen LogP contribution in [0.2, 0.25) is 5.02 Å². The van der Waals surface area contributed by atoms with Crippen LogP contribution >= 0.6 is 27.5 Å². The Hall–Kier alpha value is -0.540. The van der Waals surface area contributed by atoms with Gasteiger partial charge in [-0.1, -0.05) is 47.3 Å². The molecule has 1 aliphatic carbocycles. The molecule has 0 saturated heterocycles. The van der Waals surface area contributed by atoms with Crippen LogP contribution in [0, 0.1) is 5.92 Å². The predicted octanol–water partition coefficient (Wildman–Crippen LogP) is 5.19. The summed E-state index contributed by atoms with van der Waals surface area (Å²) in [5.74, 6) is 0.790. The molecule has 1 aromatic carbocycles. The van der Waals surface area contributed by atoms with E-state index in [-0.39, 0.29) is 5.91 Å². The van der Waals surface area contributed by atoms with Crippen LogP contribution in [0.3, 0.4) is 0 Å². The highest BCUT2D eigenvalue weighted by Crippen LogP contribution is 2.28. The summed E-state index contributed by atoms with van der Waals surface area (Å²) in [5, 5.41) is 3.63. The average Bonchev–Trinajstić information content (AvgIpc) is 2.44. The fourth-order valence-electron chi connectivity index (χ4n) is 2.94. The molecule has 4 heteroatoms. The summed E-state index contributed by atoms with van der Waals surface area (Å²) >= 11 is 9.47. The molecule has 20 heavy (non-hydrogen) atoms. The maximum Gasteiger partial charge on any atom is 0.253 e. The molecule has 0 aromatic heterocycles. The Bertz CT molecular complexity index is 470. The largest absolute Gasteiger partial charge is 0.349 e. The summed E-state index contributed by atoms with van der Waals surface area (Å²) in [6.45, 7) is 2.24. The van der Waals surface area contributed by atoms with Crippen LogP contribution < -0.4 is 5.32 Å². The molecule has 0 radical (unpaired) electrons. The van der Waals surface area contributed by atoms with Crippen molar-refractivity contribution >= 4 is 33.4 Å². The van der Waals surface area contributed by atoms with Gasteiger partial charge in [0.1, 0.15) is 0 Å². The molecule has 1 fully saturated rings. The Morgan fingerprint density at radius 1 is 1.35 bits per heavy atom. The first-order valence-electron chi connectivity index (χ1n) is 7.36. The highest BCUT2D eigenvalue weighted by Gasteiger charge is 2.22. The molecular formula is C16H21BrClNO. The molecule has 0 spiro atoms. The van der Waals surface area contributed by atoms with Crippen LogP contribution in [-0.2, 0) is 0 Å². The maximum atomic E-state index is 12.3. The van der Waals surface area contributed by atoms with E-state index in [1.54, 1.807) is 12.1 Å². The lowest BCUT2D eigenvalue weighted by Crippen LogP contribution is -2.37. The zero-order chi connectivity index (χ0) is 14.5. The van der Waals surface area contributed by atoms with Gasteiger partial charge in [0, 0.05) is 10.5 Å². The lowest BCUT2D eigenvalue weighted by Gasteiger charge is -2.29. The molecule has 0 unspecified atom stereocenters. The molecule has 0 atom stereocenters. The van der Waals surface area contributed by atoms with E-state index in [1.165, 1.54) is 25.7 Å². The van der Waals surface area contributed by atoms with Crippen molar-refractivity contribution in [1.82, 2.24) is 5.32 Å². The van der Waals surface area contributed by atoms with E-state index < -0.39 is 0 Å². The lowest BCUT2D eigenvalue weighted by atomic mass is 9.83. The molecule has 1 N–H and O–H groups in total. The zero-order valence-corrected chi connectivity index (χ0v) is 14.1. The van der Waals surface area contributed by atoms with Gasteiger partial charge in [-0.05, 0) is 49.8 Å². The number of halogens is 2. The highest BCUT2D eigenvalue weighted by molar-refractivity contribution is 9.10. The van der Waals surface area contributed by atoms with Crippen molar-refractivity contribution in [3.05, 3.63) is 33.3 Å². The van der Waals surface area contributed by atoms with Crippen molar-refractivity contribution in [2.75, 3.05) is 0 Å². The molecule has 110 valence electrons. The number of hydrogen-bond donors (Lipinski definition) is 1. The van der Waals surface area contributed by atoms with Crippen molar-refractivity contribution in [3.8, 4) is 0 Å². The fraction of sp³-hybridized carbons (Fsp3) is 0.562. The third-order valence-corrected chi connectivity index (χ3v) is 4.87. The smallest absolute Gasteiger partial charge is 0.253 e. The second kappa shape index (κ2) is 7.46. The Kier molecular flexibility index (Phi) is 5.91. The van der Waals surface area contributed by atoms with Crippen LogP contribution in [-0.4, -0.2) is 11.9 Å². The number of hydrogen-bond acceptors (Lipinski definition) is 1. The van der Waals surface area contributed by atoms with Gasteiger partial charge < -0.3 is 5.32 Å². The van der Waals surface area contributed by atoms with Crippen LogP contribution in [0.15, 0.2) is 22.7 Å². The van der Waals surface area contributed by atoms with Gasteiger partial charge in [0.2, 0.25) is 0 Å². The zero-order valence-electron chi connectivity index (χ0n) is 11.8. The maximum absolute atomic E-state index is 12.3. The molecule has 1 aromatic rings. The molecule has 1 aliphatic rings. The van der Waals surface area contributed by atoms with Gasteiger partial charge >= 0.3 is 0 Å². The summed E-state index contributed by atoms with van der Waals surface area (Å²) in [7, 11) is 0.